The zero-order chi connectivity index (χ0) is 18.0. The molecule has 5 nitrogen and oxygen atoms in total. The van der Waals surface area contributed by atoms with E-state index in [0.717, 1.165) is 19.4 Å². The molecule has 0 radical (unpaired) electrons. The van der Waals surface area contributed by atoms with Gasteiger partial charge in [0.1, 0.15) is 5.54 Å². The number of aliphatic hydroxyl groups is 1. The summed E-state index contributed by atoms with van der Waals surface area (Å²) in [5.41, 5.74) is -1.21. The molecule has 6 heteroatoms. The number of carboxylic acids is 1. The van der Waals surface area contributed by atoms with E-state index in [1.807, 2.05) is 4.90 Å². The molecule has 144 valence electrons. The molecular formula is C19H39N2NaO3. The van der Waals surface area contributed by atoms with Crippen LogP contribution in [-0.2, 0) is 4.79 Å². The third kappa shape index (κ3) is 7.86. The van der Waals surface area contributed by atoms with Crippen molar-refractivity contribution in [2.45, 2.75) is 103 Å². The van der Waals surface area contributed by atoms with E-state index in [-0.39, 0.29) is 35.7 Å². The number of rotatable bonds is 13. The van der Waals surface area contributed by atoms with Crippen LogP contribution in [0.1, 0.15) is 85.0 Å². The van der Waals surface area contributed by atoms with Crippen LogP contribution in [0.2, 0.25) is 0 Å². The first-order valence-corrected chi connectivity index (χ1v) is 9.86. The second-order valence-corrected chi connectivity index (χ2v) is 7.41. The molecule has 1 heterocycles. The molecule has 1 saturated heterocycles. The summed E-state index contributed by atoms with van der Waals surface area (Å²) >= 11 is 0. The zero-order valence-corrected chi connectivity index (χ0v) is 15.9. The summed E-state index contributed by atoms with van der Waals surface area (Å²) in [6, 6.07) is 0. The summed E-state index contributed by atoms with van der Waals surface area (Å²) < 4.78 is 0. The van der Waals surface area contributed by atoms with E-state index in [0.29, 0.717) is 6.54 Å². The van der Waals surface area contributed by atoms with Crippen molar-refractivity contribution < 1.29 is 15.0 Å². The Morgan fingerprint density at radius 3 is 2.16 bits per heavy atom. The molecule has 0 aromatic rings. The number of unbranched alkanes of at least 4 members (excludes halogenated alkanes) is 8. The van der Waals surface area contributed by atoms with Crippen LogP contribution in [-0.4, -0.2) is 81.5 Å². The number of hydrogen-bond acceptors (Lipinski definition) is 4. The minimum absolute atomic E-state index is 0. The Balaban J connectivity index is 0.00000576. The number of carbonyl (C=O) groups is 1. The molecule has 3 N–H and O–H groups in total. The van der Waals surface area contributed by atoms with Gasteiger partial charge in [0.05, 0.1) is 12.3 Å². The molecule has 3 unspecified atom stereocenters. The topological polar surface area (TPSA) is 72.8 Å². The van der Waals surface area contributed by atoms with Gasteiger partial charge in [0.25, 0.3) is 0 Å². The van der Waals surface area contributed by atoms with Crippen molar-refractivity contribution in [1.82, 2.24) is 10.2 Å². The first kappa shape index (κ1) is 25.4. The number of aliphatic hydroxyl groups excluding tert-OH is 1. The Hall–Kier alpha value is 0.350. The van der Waals surface area contributed by atoms with E-state index < -0.39 is 17.6 Å². The molecule has 0 aliphatic carbocycles. The van der Waals surface area contributed by atoms with E-state index in [1.165, 1.54) is 51.4 Å². The molecular weight excluding hydrogens is 327 g/mol. The molecule has 1 aliphatic heterocycles. The van der Waals surface area contributed by atoms with Crippen molar-refractivity contribution in [2.75, 3.05) is 13.1 Å². The number of nitrogens with zero attached hydrogens (tertiary/aromatic N) is 1. The molecule has 0 aromatic carbocycles. The molecule has 0 aromatic heterocycles. The molecule has 3 atom stereocenters. The van der Waals surface area contributed by atoms with Crippen LogP contribution in [0.15, 0.2) is 0 Å². The number of aliphatic carboxylic acids is 1. The second-order valence-electron chi connectivity index (χ2n) is 7.41. The van der Waals surface area contributed by atoms with Crippen molar-refractivity contribution in [3.8, 4) is 0 Å². The van der Waals surface area contributed by atoms with Crippen molar-refractivity contribution in [1.29, 1.82) is 0 Å². The normalized spacial score (nSPS) is 21.5. The Bertz CT molecular complexity index is 369. The van der Waals surface area contributed by atoms with Crippen LogP contribution in [0, 0.1) is 0 Å². The average Bonchev–Trinajstić information content (AvgIpc) is 3.00. The zero-order valence-electron chi connectivity index (χ0n) is 15.9. The summed E-state index contributed by atoms with van der Waals surface area (Å²) in [5.74, 6) is -0.946. The van der Waals surface area contributed by atoms with E-state index in [4.69, 9.17) is 0 Å². The van der Waals surface area contributed by atoms with Gasteiger partial charge in [-0.2, -0.15) is 0 Å². The van der Waals surface area contributed by atoms with Crippen LogP contribution in [0.5, 0.6) is 0 Å². The van der Waals surface area contributed by atoms with E-state index >= 15 is 0 Å². The van der Waals surface area contributed by atoms with Crippen LogP contribution in [0.25, 0.3) is 0 Å². The van der Waals surface area contributed by atoms with Gasteiger partial charge in [0, 0.05) is 13.1 Å². The third-order valence-electron chi connectivity index (χ3n) is 5.53. The first-order valence-electron chi connectivity index (χ1n) is 9.86. The molecule has 1 aliphatic rings. The van der Waals surface area contributed by atoms with Gasteiger partial charge in [-0.25, -0.2) is 0 Å². The van der Waals surface area contributed by atoms with Gasteiger partial charge in [0.15, 0.2) is 0 Å². The molecule has 0 amide bonds. The van der Waals surface area contributed by atoms with Crippen LogP contribution in [0.4, 0.5) is 0 Å². The third-order valence-corrected chi connectivity index (χ3v) is 5.53. The van der Waals surface area contributed by atoms with Gasteiger partial charge < -0.3 is 15.5 Å². The fourth-order valence-corrected chi connectivity index (χ4v) is 3.62. The molecule has 0 spiro atoms. The summed E-state index contributed by atoms with van der Waals surface area (Å²) in [6.07, 6.45) is 11.7. The van der Waals surface area contributed by atoms with Gasteiger partial charge >= 0.3 is 35.5 Å². The standard InChI is InChI=1S/C19H38N2O3.Na.H/c1-4-5-6-7-8-9-10-11-12-13-17-20-14-15-21(17)19(3,16(2)22)18(23)24;;/h16-17,20,22H,4-15H2,1-3H3,(H,23,24);;. The van der Waals surface area contributed by atoms with Crippen molar-refractivity contribution in [3.63, 3.8) is 0 Å². The van der Waals surface area contributed by atoms with Crippen molar-refractivity contribution in [3.05, 3.63) is 0 Å². The monoisotopic (exact) mass is 366 g/mol. The molecule has 0 saturated carbocycles. The fourth-order valence-electron chi connectivity index (χ4n) is 3.62. The van der Waals surface area contributed by atoms with Crippen molar-refractivity contribution >= 4 is 35.5 Å². The maximum absolute atomic E-state index is 11.7. The summed E-state index contributed by atoms with van der Waals surface area (Å²) in [7, 11) is 0. The van der Waals surface area contributed by atoms with E-state index in [9.17, 15) is 15.0 Å². The molecule has 25 heavy (non-hydrogen) atoms. The first-order chi connectivity index (χ1) is 11.4. The van der Waals surface area contributed by atoms with E-state index in [1.54, 1.807) is 13.8 Å². The second kappa shape index (κ2) is 13.5. The van der Waals surface area contributed by atoms with Gasteiger partial charge in [-0.05, 0) is 20.3 Å². The van der Waals surface area contributed by atoms with Crippen molar-refractivity contribution in [2.24, 2.45) is 0 Å². The van der Waals surface area contributed by atoms with E-state index in [2.05, 4.69) is 12.2 Å². The van der Waals surface area contributed by atoms with Gasteiger partial charge in [-0.1, -0.05) is 64.7 Å². The van der Waals surface area contributed by atoms with Crippen LogP contribution in [0.3, 0.4) is 0 Å². The quantitative estimate of drug-likeness (QED) is 0.345. The molecule has 1 rings (SSSR count). The summed E-state index contributed by atoms with van der Waals surface area (Å²) in [5, 5.41) is 23.0. The fraction of sp³-hybridized carbons (Fsp3) is 0.947. The Labute approximate surface area is 176 Å². The Morgan fingerprint density at radius 1 is 1.16 bits per heavy atom. The Kier molecular flexibility index (Phi) is 13.7. The van der Waals surface area contributed by atoms with Gasteiger partial charge in [-0.15, -0.1) is 0 Å². The predicted molar refractivity (Wildman–Crippen MR) is 105 cm³/mol. The van der Waals surface area contributed by atoms with Gasteiger partial charge in [0.2, 0.25) is 0 Å². The van der Waals surface area contributed by atoms with Crippen LogP contribution < -0.4 is 5.32 Å². The number of hydrogen-bond donors (Lipinski definition) is 3. The average molecular weight is 367 g/mol. The summed E-state index contributed by atoms with van der Waals surface area (Å²) in [4.78, 5) is 13.6. The number of carboxylic acid groups (broad SMARTS) is 1. The molecule has 0 bridgehead atoms. The van der Waals surface area contributed by atoms with Crippen LogP contribution >= 0.6 is 0 Å². The minimum atomic E-state index is -1.21. The number of nitrogens with one attached hydrogen (secondary N) is 1. The Morgan fingerprint density at radius 2 is 1.68 bits per heavy atom. The maximum atomic E-state index is 11.7. The predicted octanol–water partition coefficient (Wildman–Crippen LogP) is 2.71. The summed E-state index contributed by atoms with van der Waals surface area (Å²) in [6.45, 7) is 6.92. The van der Waals surface area contributed by atoms with Gasteiger partial charge in [-0.3, -0.25) is 9.69 Å². The molecule has 1 fully saturated rings. The SMILES string of the molecule is CCCCCCCCCCCC1NCCN1C(C)(C(=O)O)C(C)O.[NaH].